The van der Waals surface area contributed by atoms with E-state index in [1.807, 2.05) is 13.8 Å². The van der Waals surface area contributed by atoms with Gasteiger partial charge in [0.15, 0.2) is 0 Å². The van der Waals surface area contributed by atoms with E-state index in [-0.39, 0.29) is 12.0 Å². The first-order valence-corrected chi connectivity index (χ1v) is 5.38. The summed E-state index contributed by atoms with van der Waals surface area (Å²) in [5, 5.41) is 8.82. The highest BCUT2D eigenvalue weighted by molar-refractivity contribution is 5.68. The number of likely N-dealkylation sites (tertiary alicyclic amines) is 1. The van der Waals surface area contributed by atoms with Gasteiger partial charge in [-0.2, -0.15) is 0 Å². The van der Waals surface area contributed by atoms with Gasteiger partial charge in [0.1, 0.15) is 0 Å². The van der Waals surface area contributed by atoms with Gasteiger partial charge in [0.05, 0.1) is 6.42 Å². The van der Waals surface area contributed by atoms with Crippen molar-refractivity contribution in [3.8, 4) is 12.3 Å². The fraction of sp³-hybridized carbons (Fsp3) is 0.750. The lowest BCUT2D eigenvalue weighted by molar-refractivity contribution is -0.140. The van der Waals surface area contributed by atoms with Gasteiger partial charge >= 0.3 is 5.97 Å². The third kappa shape index (κ3) is 3.24. The van der Waals surface area contributed by atoms with E-state index >= 15 is 0 Å². The molecule has 0 aromatic carbocycles. The summed E-state index contributed by atoms with van der Waals surface area (Å²) < 4.78 is 0. The summed E-state index contributed by atoms with van der Waals surface area (Å²) in [5.74, 6) is 2.41. The maximum atomic E-state index is 10.7. The molecule has 3 heteroatoms. The van der Waals surface area contributed by atoms with E-state index in [9.17, 15) is 4.79 Å². The minimum atomic E-state index is -0.737. The molecule has 84 valence electrons. The van der Waals surface area contributed by atoms with Crippen molar-refractivity contribution >= 4 is 5.97 Å². The normalized spacial score (nSPS) is 19.8. The van der Waals surface area contributed by atoms with Crippen LogP contribution in [0.1, 0.15) is 33.1 Å². The summed E-state index contributed by atoms with van der Waals surface area (Å²) in [5.41, 5.74) is -0.259. The number of piperidine rings is 1. The Kier molecular flexibility index (Phi) is 3.76. The summed E-state index contributed by atoms with van der Waals surface area (Å²) >= 11 is 0. The molecule has 0 aromatic rings. The van der Waals surface area contributed by atoms with Crippen LogP contribution in [0.15, 0.2) is 0 Å². The van der Waals surface area contributed by atoms with Crippen LogP contribution in [0.5, 0.6) is 0 Å². The molecule has 1 aliphatic rings. The Balaban J connectivity index is 2.52. The molecule has 0 amide bonds. The van der Waals surface area contributed by atoms with Gasteiger partial charge in [-0.05, 0) is 39.8 Å². The molecule has 0 saturated carbocycles. The van der Waals surface area contributed by atoms with Crippen molar-refractivity contribution < 1.29 is 9.90 Å². The second kappa shape index (κ2) is 4.67. The molecule has 0 unspecified atom stereocenters. The maximum absolute atomic E-state index is 10.7. The highest BCUT2D eigenvalue weighted by atomic mass is 16.4. The van der Waals surface area contributed by atoms with E-state index in [1.54, 1.807) is 0 Å². The van der Waals surface area contributed by atoms with Gasteiger partial charge in [-0.15, -0.1) is 12.3 Å². The average molecular weight is 209 g/mol. The fourth-order valence-corrected chi connectivity index (χ4v) is 2.13. The molecule has 0 bridgehead atoms. The molecule has 0 aromatic heterocycles. The van der Waals surface area contributed by atoms with Gasteiger partial charge in [0.25, 0.3) is 0 Å². The molecule has 0 spiro atoms. The van der Waals surface area contributed by atoms with Crippen LogP contribution in [0, 0.1) is 18.3 Å². The molecule has 15 heavy (non-hydrogen) atoms. The molecule has 1 aliphatic heterocycles. The second-order valence-corrected chi connectivity index (χ2v) is 4.81. The Bertz CT molecular complexity index is 270. The largest absolute Gasteiger partial charge is 0.481 e. The predicted octanol–water partition coefficient (Wildman–Crippen LogP) is 1.58. The topological polar surface area (TPSA) is 40.5 Å². The van der Waals surface area contributed by atoms with Crippen molar-refractivity contribution in [3.05, 3.63) is 0 Å². The number of rotatable bonds is 3. The average Bonchev–Trinajstić information content (AvgIpc) is 2.16. The summed E-state index contributed by atoms with van der Waals surface area (Å²) in [7, 11) is 0. The van der Waals surface area contributed by atoms with Crippen molar-refractivity contribution in [1.82, 2.24) is 4.90 Å². The smallest absolute Gasteiger partial charge is 0.305 e. The Hall–Kier alpha value is -1.01. The van der Waals surface area contributed by atoms with Crippen molar-refractivity contribution in [2.45, 2.75) is 38.6 Å². The van der Waals surface area contributed by atoms with Crippen LogP contribution in [0.3, 0.4) is 0 Å². The van der Waals surface area contributed by atoms with E-state index in [2.05, 4.69) is 10.8 Å². The van der Waals surface area contributed by atoms with Crippen LogP contribution in [0.25, 0.3) is 0 Å². The van der Waals surface area contributed by atoms with Crippen molar-refractivity contribution in [2.75, 3.05) is 13.1 Å². The number of aliphatic carboxylic acids is 1. The molecule has 0 atom stereocenters. The van der Waals surface area contributed by atoms with Crippen molar-refractivity contribution in [1.29, 1.82) is 0 Å². The van der Waals surface area contributed by atoms with Gasteiger partial charge in [-0.3, -0.25) is 9.69 Å². The number of carboxylic acids is 1. The summed E-state index contributed by atoms with van der Waals surface area (Å²) in [6, 6.07) is 0. The number of hydrogen-bond donors (Lipinski definition) is 1. The third-order valence-corrected chi connectivity index (χ3v) is 3.17. The Labute approximate surface area is 91.5 Å². The number of terminal acetylenes is 1. The zero-order valence-electron chi connectivity index (χ0n) is 9.49. The molecule has 3 nitrogen and oxygen atoms in total. The number of hydrogen-bond acceptors (Lipinski definition) is 2. The monoisotopic (exact) mass is 209 g/mol. The number of carbonyl (C=O) groups is 1. The van der Waals surface area contributed by atoms with Gasteiger partial charge in [0, 0.05) is 11.5 Å². The number of carboxylic acid groups (broad SMARTS) is 1. The molecule has 1 saturated heterocycles. The molecule has 0 aliphatic carbocycles. The highest BCUT2D eigenvalue weighted by Crippen LogP contribution is 2.25. The first-order valence-electron chi connectivity index (χ1n) is 5.38. The van der Waals surface area contributed by atoms with E-state index in [0.717, 1.165) is 25.9 Å². The predicted molar refractivity (Wildman–Crippen MR) is 59.5 cm³/mol. The van der Waals surface area contributed by atoms with Crippen LogP contribution >= 0.6 is 0 Å². The van der Waals surface area contributed by atoms with E-state index in [4.69, 9.17) is 11.5 Å². The Morgan fingerprint density at radius 1 is 1.53 bits per heavy atom. The van der Waals surface area contributed by atoms with Crippen molar-refractivity contribution in [2.24, 2.45) is 5.92 Å². The van der Waals surface area contributed by atoms with E-state index < -0.39 is 5.97 Å². The Morgan fingerprint density at radius 3 is 2.47 bits per heavy atom. The first-order chi connectivity index (χ1) is 6.95. The third-order valence-electron chi connectivity index (χ3n) is 3.17. The molecule has 0 radical (unpaired) electrons. The quantitative estimate of drug-likeness (QED) is 0.717. The van der Waals surface area contributed by atoms with E-state index in [1.165, 1.54) is 0 Å². The second-order valence-electron chi connectivity index (χ2n) is 4.81. The lowest BCUT2D eigenvalue weighted by Gasteiger charge is -2.41. The zero-order chi connectivity index (χ0) is 11.5. The minimum absolute atomic E-state index is 0.188. The fourth-order valence-electron chi connectivity index (χ4n) is 2.13. The van der Waals surface area contributed by atoms with Gasteiger partial charge in [0.2, 0.25) is 0 Å². The molecule has 1 fully saturated rings. The van der Waals surface area contributed by atoms with Gasteiger partial charge in [-0.25, -0.2) is 0 Å². The van der Waals surface area contributed by atoms with Crippen LogP contribution in [0.2, 0.25) is 0 Å². The van der Waals surface area contributed by atoms with E-state index in [0.29, 0.717) is 5.92 Å². The minimum Gasteiger partial charge on any atom is -0.481 e. The Morgan fingerprint density at radius 2 is 2.07 bits per heavy atom. The zero-order valence-corrected chi connectivity index (χ0v) is 9.49. The summed E-state index contributed by atoms with van der Waals surface area (Å²) in [6.45, 7) is 5.79. The van der Waals surface area contributed by atoms with Gasteiger partial charge < -0.3 is 5.11 Å². The molecule has 1 rings (SSSR count). The molecular weight excluding hydrogens is 190 g/mol. The maximum Gasteiger partial charge on any atom is 0.305 e. The van der Waals surface area contributed by atoms with Crippen LogP contribution in [-0.4, -0.2) is 34.6 Å². The van der Waals surface area contributed by atoms with Crippen LogP contribution in [-0.2, 0) is 4.79 Å². The van der Waals surface area contributed by atoms with Crippen LogP contribution in [0.4, 0.5) is 0 Å². The summed E-state index contributed by atoms with van der Waals surface area (Å²) in [6.07, 6.45) is 7.54. The molecular formula is C12H19NO2. The van der Waals surface area contributed by atoms with Crippen molar-refractivity contribution in [3.63, 3.8) is 0 Å². The van der Waals surface area contributed by atoms with Crippen LogP contribution < -0.4 is 0 Å². The molecule has 1 heterocycles. The van der Waals surface area contributed by atoms with Gasteiger partial charge in [-0.1, -0.05) is 0 Å². The first kappa shape index (κ1) is 12.1. The molecule has 1 N–H and O–H groups in total. The summed E-state index contributed by atoms with van der Waals surface area (Å²) in [4.78, 5) is 13.0. The number of nitrogens with zero attached hydrogens (tertiary/aromatic N) is 1. The standard InChI is InChI=1S/C12H19NO2/c1-4-10-5-7-13(8-6-10)12(2,3)9-11(14)15/h1,10H,5-9H2,2-3H3,(H,14,15). The SMILES string of the molecule is C#CC1CCN(C(C)(C)CC(=O)O)CC1. The lowest BCUT2D eigenvalue weighted by atomic mass is 9.91. The highest BCUT2D eigenvalue weighted by Gasteiger charge is 2.31. The lowest BCUT2D eigenvalue weighted by Crippen LogP contribution is -2.49.